The quantitative estimate of drug-likeness (QED) is 0.777. The van der Waals surface area contributed by atoms with Crippen molar-refractivity contribution in [2.75, 3.05) is 7.05 Å². The Hall–Kier alpha value is -2.35. The van der Waals surface area contributed by atoms with Gasteiger partial charge >= 0.3 is 6.18 Å². The van der Waals surface area contributed by atoms with Gasteiger partial charge < -0.3 is 10.2 Å². The van der Waals surface area contributed by atoms with E-state index >= 15 is 0 Å². The Labute approximate surface area is 170 Å². The van der Waals surface area contributed by atoms with E-state index in [4.69, 9.17) is 0 Å². The molecule has 1 aromatic heterocycles. The number of amides is 2. The van der Waals surface area contributed by atoms with Crippen LogP contribution >= 0.6 is 11.3 Å². The van der Waals surface area contributed by atoms with Gasteiger partial charge in [0.05, 0.1) is 17.5 Å². The number of nitrogens with one attached hydrogen (secondary N) is 1. The van der Waals surface area contributed by atoms with E-state index in [1.54, 1.807) is 24.3 Å². The fraction of sp³-hybridized carbons (Fsp3) is 0.429. The maximum absolute atomic E-state index is 13.6. The minimum Gasteiger partial charge on any atom is -0.353 e. The summed E-state index contributed by atoms with van der Waals surface area (Å²) in [6, 6.07) is 6.75. The number of carbonyl (C=O) groups excluding carboxylic acids is 2. The fourth-order valence-electron chi connectivity index (χ4n) is 4.43. The molecule has 0 saturated heterocycles. The van der Waals surface area contributed by atoms with E-state index in [0.29, 0.717) is 11.1 Å². The van der Waals surface area contributed by atoms with Gasteiger partial charge in [0.15, 0.2) is 0 Å². The van der Waals surface area contributed by atoms with E-state index < -0.39 is 23.7 Å². The first-order chi connectivity index (χ1) is 13.8. The number of nitrogens with zero attached hydrogens (tertiary/aromatic N) is 1. The number of rotatable bonds is 3. The maximum atomic E-state index is 13.6. The zero-order chi connectivity index (χ0) is 20.8. The molecule has 2 atom stereocenters. The summed E-state index contributed by atoms with van der Waals surface area (Å²) in [7, 11) is 1.47. The Kier molecular flexibility index (Phi) is 5.14. The number of carbonyl (C=O) groups is 2. The van der Waals surface area contributed by atoms with Gasteiger partial charge in [-0.1, -0.05) is 31.0 Å². The van der Waals surface area contributed by atoms with Crippen LogP contribution < -0.4 is 5.32 Å². The lowest BCUT2D eigenvalue weighted by molar-refractivity contribution is -0.139. The summed E-state index contributed by atoms with van der Waals surface area (Å²) in [6.07, 6.45) is -0.768. The van der Waals surface area contributed by atoms with Crippen molar-refractivity contribution in [2.24, 2.45) is 0 Å². The number of fused-ring (bicyclic) bond motifs is 1. The van der Waals surface area contributed by atoms with Crippen LogP contribution in [0.5, 0.6) is 0 Å². The number of hydrogen-bond donors (Lipinski definition) is 1. The molecule has 1 aliphatic carbocycles. The summed E-state index contributed by atoms with van der Waals surface area (Å²) in [6.45, 7) is 0. The van der Waals surface area contributed by atoms with E-state index in [1.807, 2.05) is 0 Å². The summed E-state index contributed by atoms with van der Waals surface area (Å²) in [4.78, 5) is 27.5. The standard InChI is InChI=1S/C21H21F3N2O2S/c1-26-17(18-15(10-11-29-18)21(22,23)24)16(19(27)25-12-6-2-3-7-12)13-8-4-5-9-14(13)20(26)28/h4-5,8-12,16-17H,2-3,6-7H2,1H3,(H,25,27). The normalized spacial score (nSPS) is 22.6. The van der Waals surface area contributed by atoms with Crippen molar-refractivity contribution >= 4 is 23.2 Å². The second-order valence-corrected chi connectivity index (χ2v) is 8.56. The van der Waals surface area contributed by atoms with Gasteiger partial charge in [-0.05, 0) is 35.9 Å². The van der Waals surface area contributed by atoms with Crippen LogP contribution in [-0.4, -0.2) is 29.8 Å². The predicted octanol–water partition coefficient (Wildman–Crippen LogP) is 4.74. The molecule has 2 amide bonds. The zero-order valence-electron chi connectivity index (χ0n) is 15.8. The van der Waals surface area contributed by atoms with Crippen LogP contribution in [-0.2, 0) is 11.0 Å². The van der Waals surface area contributed by atoms with Crippen LogP contribution in [0.25, 0.3) is 0 Å². The van der Waals surface area contributed by atoms with E-state index in [-0.39, 0.29) is 22.7 Å². The van der Waals surface area contributed by atoms with Crippen molar-refractivity contribution in [1.29, 1.82) is 0 Å². The highest BCUT2D eigenvalue weighted by atomic mass is 32.1. The lowest BCUT2D eigenvalue weighted by Gasteiger charge is -2.40. The number of alkyl halides is 3. The van der Waals surface area contributed by atoms with Gasteiger partial charge in [-0.3, -0.25) is 9.59 Å². The van der Waals surface area contributed by atoms with Crippen molar-refractivity contribution < 1.29 is 22.8 Å². The van der Waals surface area contributed by atoms with Gasteiger partial charge in [-0.25, -0.2) is 0 Å². The largest absolute Gasteiger partial charge is 0.417 e. The van der Waals surface area contributed by atoms with Crippen molar-refractivity contribution in [3.63, 3.8) is 0 Å². The summed E-state index contributed by atoms with van der Waals surface area (Å²) >= 11 is 0.933. The predicted molar refractivity (Wildman–Crippen MR) is 104 cm³/mol. The molecule has 1 N–H and O–H groups in total. The Morgan fingerprint density at radius 1 is 1.17 bits per heavy atom. The van der Waals surface area contributed by atoms with Crippen LogP contribution in [0, 0.1) is 0 Å². The lowest BCUT2D eigenvalue weighted by Crippen LogP contribution is -2.47. The first-order valence-corrected chi connectivity index (χ1v) is 10.5. The molecule has 2 aromatic rings. The molecule has 154 valence electrons. The maximum Gasteiger partial charge on any atom is 0.417 e. The van der Waals surface area contributed by atoms with Crippen molar-refractivity contribution in [2.45, 2.75) is 49.9 Å². The Balaban J connectivity index is 1.82. The summed E-state index contributed by atoms with van der Waals surface area (Å²) in [5.41, 5.74) is 0.0609. The number of thiophene rings is 1. The van der Waals surface area contributed by atoms with E-state index in [2.05, 4.69) is 5.32 Å². The molecule has 0 radical (unpaired) electrons. The minimum atomic E-state index is -4.55. The Morgan fingerprint density at radius 2 is 1.86 bits per heavy atom. The number of likely N-dealkylation sites (N-methyl/N-ethyl adjacent to an activating group) is 1. The van der Waals surface area contributed by atoms with Gasteiger partial charge in [0.1, 0.15) is 0 Å². The molecule has 0 bridgehead atoms. The molecule has 0 spiro atoms. The Morgan fingerprint density at radius 3 is 2.55 bits per heavy atom. The summed E-state index contributed by atoms with van der Waals surface area (Å²) in [5.74, 6) is -1.60. The van der Waals surface area contributed by atoms with Crippen LogP contribution in [0.15, 0.2) is 35.7 Å². The third-order valence-corrected chi connectivity index (χ3v) is 6.82. The van der Waals surface area contributed by atoms with E-state index in [9.17, 15) is 22.8 Å². The van der Waals surface area contributed by atoms with Crippen LogP contribution in [0.2, 0.25) is 0 Å². The SMILES string of the molecule is CN1C(=O)c2ccccc2C(C(=O)NC2CCCC2)C1c1sccc1C(F)(F)F. The van der Waals surface area contributed by atoms with E-state index in [0.717, 1.165) is 43.1 Å². The van der Waals surface area contributed by atoms with Gasteiger partial charge in [0, 0.05) is 23.5 Å². The third kappa shape index (κ3) is 3.54. The van der Waals surface area contributed by atoms with Crippen LogP contribution in [0.3, 0.4) is 0 Å². The zero-order valence-corrected chi connectivity index (χ0v) is 16.6. The average molecular weight is 422 g/mol. The van der Waals surface area contributed by atoms with Gasteiger partial charge in [-0.15, -0.1) is 11.3 Å². The first-order valence-electron chi connectivity index (χ1n) is 9.60. The molecule has 4 nitrogen and oxygen atoms in total. The molecule has 2 heterocycles. The van der Waals surface area contributed by atoms with Crippen molar-refractivity contribution in [3.05, 3.63) is 57.3 Å². The van der Waals surface area contributed by atoms with Gasteiger partial charge in [0.25, 0.3) is 5.91 Å². The summed E-state index contributed by atoms with van der Waals surface area (Å²) in [5, 5.41) is 4.39. The molecule has 1 aromatic carbocycles. The third-order valence-electron chi connectivity index (χ3n) is 5.83. The second kappa shape index (κ2) is 7.48. The Bertz CT molecular complexity index is 934. The monoisotopic (exact) mass is 422 g/mol. The molecule has 29 heavy (non-hydrogen) atoms. The molecule has 2 unspecified atom stereocenters. The molecule has 8 heteroatoms. The molecule has 4 rings (SSSR count). The number of benzene rings is 1. The highest BCUT2D eigenvalue weighted by Gasteiger charge is 2.47. The highest BCUT2D eigenvalue weighted by Crippen LogP contribution is 2.48. The summed E-state index contributed by atoms with van der Waals surface area (Å²) < 4.78 is 40.8. The minimum absolute atomic E-state index is 0.00516. The topological polar surface area (TPSA) is 49.4 Å². The second-order valence-electron chi connectivity index (χ2n) is 7.61. The van der Waals surface area contributed by atoms with Crippen molar-refractivity contribution in [1.82, 2.24) is 10.2 Å². The first kappa shape index (κ1) is 19.9. The average Bonchev–Trinajstić information content (AvgIpc) is 3.35. The van der Waals surface area contributed by atoms with E-state index in [1.165, 1.54) is 17.3 Å². The number of hydrogen-bond acceptors (Lipinski definition) is 3. The van der Waals surface area contributed by atoms with Crippen LogP contribution in [0.1, 0.15) is 64.0 Å². The fourth-order valence-corrected chi connectivity index (χ4v) is 5.53. The smallest absolute Gasteiger partial charge is 0.353 e. The molecule has 1 fully saturated rings. The molecular formula is C21H21F3N2O2S. The van der Waals surface area contributed by atoms with Gasteiger partial charge in [-0.2, -0.15) is 13.2 Å². The lowest BCUT2D eigenvalue weighted by atomic mass is 9.81. The highest BCUT2D eigenvalue weighted by molar-refractivity contribution is 7.10. The number of halogens is 3. The molecular weight excluding hydrogens is 401 g/mol. The molecule has 2 aliphatic rings. The van der Waals surface area contributed by atoms with Gasteiger partial charge in [0.2, 0.25) is 5.91 Å². The van der Waals surface area contributed by atoms with Crippen LogP contribution in [0.4, 0.5) is 13.2 Å². The molecule has 1 saturated carbocycles. The van der Waals surface area contributed by atoms with Crippen molar-refractivity contribution in [3.8, 4) is 0 Å². The molecule has 1 aliphatic heterocycles.